The zero-order chi connectivity index (χ0) is 22.5. The Bertz CT molecular complexity index is 1120. The van der Waals surface area contributed by atoms with Gasteiger partial charge in [-0.2, -0.15) is 0 Å². The third-order valence-electron chi connectivity index (χ3n) is 5.86. The van der Waals surface area contributed by atoms with E-state index < -0.39 is 5.25 Å². The summed E-state index contributed by atoms with van der Waals surface area (Å²) in [5.74, 6) is 0.0253. The van der Waals surface area contributed by atoms with Gasteiger partial charge in [-0.15, -0.1) is 0 Å². The molecule has 1 saturated heterocycles. The number of hydrogen-bond donors (Lipinski definition) is 0. The van der Waals surface area contributed by atoms with E-state index >= 15 is 0 Å². The second-order valence-corrected chi connectivity index (χ2v) is 8.95. The van der Waals surface area contributed by atoms with E-state index in [-0.39, 0.29) is 17.6 Å². The van der Waals surface area contributed by atoms with E-state index in [9.17, 15) is 9.59 Å². The summed E-state index contributed by atoms with van der Waals surface area (Å²) in [6, 6.07) is 17.1. The Morgan fingerprint density at radius 3 is 2.56 bits per heavy atom. The molecule has 1 aliphatic heterocycles. The number of nitrogens with zero attached hydrogens (tertiary/aromatic N) is 3. The summed E-state index contributed by atoms with van der Waals surface area (Å²) in [5, 5.41) is 0.652. The smallest absolute Gasteiger partial charge is 0.262 e. The van der Waals surface area contributed by atoms with Gasteiger partial charge in [-0.25, -0.2) is 4.98 Å². The van der Waals surface area contributed by atoms with Crippen LogP contribution in [0.15, 0.2) is 64.5 Å². The van der Waals surface area contributed by atoms with Crippen molar-refractivity contribution in [1.82, 2.24) is 14.5 Å². The van der Waals surface area contributed by atoms with Crippen molar-refractivity contribution in [2.24, 2.45) is 0 Å². The average Bonchev–Trinajstić information content (AvgIpc) is 3.34. The standard InChI is InChI=1S/C25H29N3O3S/c1-3-27(4-2)24(30)22(18-11-6-5-7-12-18)32-25-26-21-15-9-8-14-20(21)23(29)28(25)17-19-13-10-16-31-19/h5-9,11-12,14-15,19,22H,3-4,10,13,16-17H2,1-2H3/t19-,22-/m1/s1. The van der Waals surface area contributed by atoms with Crippen LogP contribution in [0.1, 0.15) is 37.5 Å². The largest absolute Gasteiger partial charge is 0.376 e. The molecule has 2 atom stereocenters. The van der Waals surface area contributed by atoms with Crippen molar-refractivity contribution < 1.29 is 9.53 Å². The maximum absolute atomic E-state index is 13.5. The first-order valence-corrected chi connectivity index (χ1v) is 12.1. The fourth-order valence-corrected chi connectivity index (χ4v) is 5.28. The maximum Gasteiger partial charge on any atom is 0.262 e. The average molecular weight is 452 g/mol. The first kappa shape index (κ1) is 22.6. The molecule has 0 bridgehead atoms. The molecule has 2 aromatic carbocycles. The van der Waals surface area contributed by atoms with E-state index in [4.69, 9.17) is 9.72 Å². The van der Waals surface area contributed by atoms with Crippen molar-refractivity contribution >= 4 is 28.6 Å². The quantitative estimate of drug-likeness (QED) is 0.378. The number of amides is 1. The fraction of sp³-hybridized carbons (Fsp3) is 0.400. The Hall–Kier alpha value is -2.64. The van der Waals surface area contributed by atoms with Gasteiger partial charge in [0.15, 0.2) is 5.16 Å². The first-order valence-electron chi connectivity index (χ1n) is 11.2. The third kappa shape index (κ3) is 4.74. The number of thioether (sulfide) groups is 1. The lowest BCUT2D eigenvalue weighted by Gasteiger charge is -2.26. The van der Waals surface area contributed by atoms with E-state index in [1.807, 2.05) is 67.3 Å². The summed E-state index contributed by atoms with van der Waals surface area (Å²) in [4.78, 5) is 33.6. The molecular formula is C25H29N3O3S. The lowest BCUT2D eigenvalue weighted by Crippen LogP contribution is -2.34. The monoisotopic (exact) mass is 451 g/mol. The molecule has 7 heteroatoms. The van der Waals surface area contributed by atoms with E-state index in [0.29, 0.717) is 35.7 Å². The van der Waals surface area contributed by atoms with E-state index in [1.165, 1.54) is 11.8 Å². The maximum atomic E-state index is 13.5. The minimum atomic E-state index is -0.486. The van der Waals surface area contributed by atoms with Gasteiger partial charge in [-0.05, 0) is 44.4 Å². The van der Waals surface area contributed by atoms with E-state index in [2.05, 4.69) is 0 Å². The normalized spacial score (nSPS) is 16.9. The molecule has 2 heterocycles. The molecule has 4 rings (SSSR count). The van der Waals surface area contributed by atoms with Gasteiger partial charge in [0, 0.05) is 19.7 Å². The van der Waals surface area contributed by atoms with Gasteiger partial charge in [0.1, 0.15) is 5.25 Å². The Balaban J connectivity index is 1.80. The van der Waals surface area contributed by atoms with Crippen LogP contribution in [0.4, 0.5) is 0 Å². The molecule has 1 fully saturated rings. The van der Waals surface area contributed by atoms with Gasteiger partial charge in [0.2, 0.25) is 5.91 Å². The zero-order valence-corrected chi connectivity index (χ0v) is 19.4. The summed E-state index contributed by atoms with van der Waals surface area (Å²) >= 11 is 1.35. The molecule has 0 N–H and O–H groups in total. The Labute approximate surface area is 192 Å². The van der Waals surface area contributed by atoms with Crippen molar-refractivity contribution in [2.45, 2.75) is 49.7 Å². The summed E-state index contributed by atoms with van der Waals surface area (Å²) in [6.45, 7) is 6.39. The second-order valence-electron chi connectivity index (χ2n) is 7.88. The second kappa shape index (κ2) is 10.3. The van der Waals surface area contributed by atoms with Crippen molar-refractivity contribution in [1.29, 1.82) is 0 Å². The number of carbonyl (C=O) groups excluding carboxylic acids is 1. The van der Waals surface area contributed by atoms with Crippen LogP contribution >= 0.6 is 11.8 Å². The van der Waals surface area contributed by atoms with Crippen LogP contribution in [0.5, 0.6) is 0 Å². The fourth-order valence-electron chi connectivity index (χ4n) is 4.09. The van der Waals surface area contributed by atoms with Crippen LogP contribution < -0.4 is 5.56 Å². The Morgan fingerprint density at radius 2 is 1.88 bits per heavy atom. The summed E-state index contributed by atoms with van der Waals surface area (Å²) in [5.41, 5.74) is 1.46. The zero-order valence-electron chi connectivity index (χ0n) is 18.6. The summed E-state index contributed by atoms with van der Waals surface area (Å²) < 4.78 is 7.52. The van der Waals surface area contributed by atoms with Crippen LogP contribution in [-0.2, 0) is 16.1 Å². The number of benzene rings is 2. The lowest BCUT2D eigenvalue weighted by molar-refractivity contribution is -0.130. The molecular weight excluding hydrogens is 422 g/mol. The molecule has 0 unspecified atom stereocenters. The number of hydrogen-bond acceptors (Lipinski definition) is 5. The van der Waals surface area contributed by atoms with Crippen LogP contribution in [-0.4, -0.2) is 46.2 Å². The van der Waals surface area contributed by atoms with Crippen LogP contribution in [0, 0.1) is 0 Å². The Kier molecular flexibility index (Phi) is 7.27. The predicted octanol–water partition coefficient (Wildman–Crippen LogP) is 4.28. The number of carbonyl (C=O) groups is 1. The molecule has 0 spiro atoms. The molecule has 1 amide bonds. The number of likely N-dealkylation sites (N-methyl/N-ethyl adjacent to an activating group) is 1. The number of rotatable bonds is 8. The third-order valence-corrected chi connectivity index (χ3v) is 7.09. The van der Waals surface area contributed by atoms with Crippen molar-refractivity contribution in [3.63, 3.8) is 0 Å². The molecule has 1 aliphatic rings. The predicted molar refractivity (Wildman–Crippen MR) is 128 cm³/mol. The van der Waals surface area contributed by atoms with Gasteiger partial charge in [-0.1, -0.05) is 54.2 Å². The van der Waals surface area contributed by atoms with Gasteiger partial charge in [0.05, 0.1) is 23.6 Å². The number of fused-ring (bicyclic) bond motifs is 1. The highest BCUT2D eigenvalue weighted by Gasteiger charge is 2.29. The Morgan fingerprint density at radius 1 is 1.16 bits per heavy atom. The minimum Gasteiger partial charge on any atom is -0.376 e. The number of aromatic nitrogens is 2. The topological polar surface area (TPSA) is 64.4 Å². The highest BCUT2D eigenvalue weighted by atomic mass is 32.2. The number of para-hydroxylation sites is 1. The summed E-state index contributed by atoms with van der Waals surface area (Å²) in [6.07, 6.45) is 1.91. The lowest BCUT2D eigenvalue weighted by atomic mass is 10.1. The van der Waals surface area contributed by atoms with Crippen molar-refractivity contribution in [3.8, 4) is 0 Å². The van der Waals surface area contributed by atoms with E-state index in [1.54, 1.807) is 10.6 Å². The molecule has 0 saturated carbocycles. The summed E-state index contributed by atoms with van der Waals surface area (Å²) in [7, 11) is 0. The SMILES string of the molecule is CCN(CC)C(=O)[C@H](Sc1nc2ccccc2c(=O)n1C[C@H]1CCCO1)c1ccccc1. The molecule has 0 aliphatic carbocycles. The van der Waals surface area contributed by atoms with Crippen LogP contribution in [0.3, 0.4) is 0 Å². The molecule has 0 radical (unpaired) electrons. The molecule has 32 heavy (non-hydrogen) atoms. The molecule has 6 nitrogen and oxygen atoms in total. The highest BCUT2D eigenvalue weighted by Crippen LogP contribution is 2.36. The van der Waals surface area contributed by atoms with Crippen LogP contribution in [0.25, 0.3) is 10.9 Å². The highest BCUT2D eigenvalue weighted by molar-refractivity contribution is 8.00. The van der Waals surface area contributed by atoms with E-state index in [0.717, 1.165) is 25.0 Å². The molecule has 3 aromatic rings. The first-order chi connectivity index (χ1) is 15.6. The van der Waals surface area contributed by atoms with Crippen LogP contribution in [0.2, 0.25) is 0 Å². The van der Waals surface area contributed by atoms with Gasteiger partial charge >= 0.3 is 0 Å². The van der Waals surface area contributed by atoms with Gasteiger partial charge < -0.3 is 9.64 Å². The minimum absolute atomic E-state index is 0.0105. The molecule has 168 valence electrons. The van der Waals surface area contributed by atoms with Crippen molar-refractivity contribution in [3.05, 3.63) is 70.5 Å². The molecule has 1 aromatic heterocycles. The van der Waals surface area contributed by atoms with Gasteiger partial charge in [-0.3, -0.25) is 14.2 Å². The van der Waals surface area contributed by atoms with Crippen molar-refractivity contribution in [2.75, 3.05) is 19.7 Å². The van der Waals surface area contributed by atoms with Gasteiger partial charge in [0.25, 0.3) is 5.56 Å². The number of ether oxygens (including phenoxy) is 1.